The Labute approximate surface area is 76.5 Å². The molecule has 1 aromatic heterocycles. The number of ether oxygens (including phenoxy) is 1. The fourth-order valence-corrected chi connectivity index (χ4v) is 0.935. The highest BCUT2D eigenvalue weighted by molar-refractivity contribution is 5.73. The predicted octanol–water partition coefficient (Wildman–Crippen LogP) is 0.589. The Kier molecular flexibility index (Phi) is 2.89. The van der Waals surface area contributed by atoms with Gasteiger partial charge < -0.3 is 10.5 Å². The molecule has 0 radical (unpaired) electrons. The van der Waals surface area contributed by atoms with Crippen LogP contribution >= 0.6 is 0 Å². The van der Waals surface area contributed by atoms with Gasteiger partial charge in [-0.25, -0.2) is 4.79 Å². The summed E-state index contributed by atoms with van der Waals surface area (Å²) in [6.45, 7) is 3.85. The van der Waals surface area contributed by atoms with Crippen LogP contribution in [0, 0.1) is 0 Å². The van der Waals surface area contributed by atoms with Crippen molar-refractivity contribution >= 4 is 11.7 Å². The number of nitrogens with two attached hydrogens (primary N) is 1. The number of nitrogens with zero attached hydrogens (tertiary/aromatic N) is 2. The first kappa shape index (κ1) is 9.57. The normalized spacial score (nSPS) is 12.5. The molecule has 1 atom stereocenters. The van der Waals surface area contributed by atoms with Crippen LogP contribution in [0.3, 0.4) is 0 Å². The number of carbonyl (C=O) groups is 1. The van der Waals surface area contributed by atoms with Crippen molar-refractivity contribution in [2.75, 3.05) is 12.3 Å². The molecule has 0 bridgehead atoms. The van der Waals surface area contributed by atoms with Gasteiger partial charge in [0.25, 0.3) is 0 Å². The third-order valence-electron chi connectivity index (χ3n) is 1.65. The maximum atomic E-state index is 11.2. The number of aromatic nitrogens is 2. The molecule has 72 valence electrons. The largest absolute Gasteiger partial charge is 0.464 e. The maximum absolute atomic E-state index is 11.2. The first-order valence-electron chi connectivity index (χ1n) is 4.11. The Morgan fingerprint density at radius 3 is 3.00 bits per heavy atom. The zero-order chi connectivity index (χ0) is 9.84. The van der Waals surface area contributed by atoms with E-state index < -0.39 is 6.04 Å². The van der Waals surface area contributed by atoms with Crippen molar-refractivity contribution in [1.29, 1.82) is 0 Å². The molecule has 1 heterocycles. The van der Waals surface area contributed by atoms with Gasteiger partial charge in [-0.1, -0.05) is 0 Å². The molecule has 0 saturated heterocycles. The summed E-state index contributed by atoms with van der Waals surface area (Å²) >= 11 is 0. The number of hydrogen-bond acceptors (Lipinski definition) is 4. The SMILES string of the molecule is CCOC(=O)C(C)n1cc(N)cn1. The van der Waals surface area contributed by atoms with Crippen LogP contribution in [0.5, 0.6) is 0 Å². The lowest BCUT2D eigenvalue weighted by atomic mass is 10.3. The van der Waals surface area contributed by atoms with Crippen molar-refractivity contribution in [3.63, 3.8) is 0 Å². The van der Waals surface area contributed by atoms with E-state index in [4.69, 9.17) is 10.5 Å². The van der Waals surface area contributed by atoms with Crippen LogP contribution in [0.4, 0.5) is 5.69 Å². The standard InChI is InChI=1S/C8H13N3O2/c1-3-13-8(12)6(2)11-5-7(9)4-10-11/h4-6H,3,9H2,1-2H3. The zero-order valence-corrected chi connectivity index (χ0v) is 7.73. The van der Waals surface area contributed by atoms with Crippen LogP contribution in [0.15, 0.2) is 12.4 Å². The van der Waals surface area contributed by atoms with Gasteiger partial charge in [0.1, 0.15) is 6.04 Å². The summed E-state index contributed by atoms with van der Waals surface area (Å²) in [4.78, 5) is 11.2. The molecule has 2 N–H and O–H groups in total. The highest BCUT2D eigenvalue weighted by atomic mass is 16.5. The van der Waals surface area contributed by atoms with Crippen LogP contribution < -0.4 is 5.73 Å². The minimum absolute atomic E-state index is 0.300. The van der Waals surface area contributed by atoms with E-state index in [2.05, 4.69) is 5.10 Å². The van der Waals surface area contributed by atoms with Gasteiger partial charge in [0.15, 0.2) is 0 Å². The average Bonchev–Trinajstić information content (AvgIpc) is 2.51. The third-order valence-corrected chi connectivity index (χ3v) is 1.65. The average molecular weight is 183 g/mol. The quantitative estimate of drug-likeness (QED) is 0.696. The Bertz CT molecular complexity index is 295. The summed E-state index contributed by atoms with van der Waals surface area (Å²) in [6, 6.07) is -0.419. The third kappa shape index (κ3) is 2.21. The molecule has 1 rings (SSSR count). The molecule has 13 heavy (non-hydrogen) atoms. The highest BCUT2D eigenvalue weighted by Gasteiger charge is 2.16. The molecule has 0 aliphatic heterocycles. The second-order valence-electron chi connectivity index (χ2n) is 2.68. The fourth-order valence-electron chi connectivity index (χ4n) is 0.935. The van der Waals surface area contributed by atoms with E-state index >= 15 is 0 Å². The van der Waals surface area contributed by atoms with Crippen LogP contribution in [0.2, 0.25) is 0 Å². The molecule has 0 aliphatic carbocycles. The summed E-state index contributed by atoms with van der Waals surface area (Å²) in [5.74, 6) is -0.300. The van der Waals surface area contributed by atoms with Crippen molar-refractivity contribution in [1.82, 2.24) is 9.78 Å². The Morgan fingerprint density at radius 1 is 1.85 bits per heavy atom. The molecular weight excluding hydrogens is 170 g/mol. The molecule has 0 fully saturated rings. The smallest absolute Gasteiger partial charge is 0.330 e. The van der Waals surface area contributed by atoms with E-state index in [0.29, 0.717) is 12.3 Å². The van der Waals surface area contributed by atoms with Crippen LogP contribution in [0.1, 0.15) is 19.9 Å². The second-order valence-corrected chi connectivity index (χ2v) is 2.68. The van der Waals surface area contributed by atoms with Gasteiger partial charge in [-0.3, -0.25) is 4.68 Å². The summed E-state index contributed by atoms with van der Waals surface area (Å²) in [7, 11) is 0. The number of esters is 1. The number of carbonyl (C=O) groups excluding carboxylic acids is 1. The predicted molar refractivity (Wildman–Crippen MR) is 48.0 cm³/mol. The molecule has 5 heteroatoms. The lowest BCUT2D eigenvalue weighted by molar-refractivity contribution is -0.146. The molecule has 0 spiro atoms. The Hall–Kier alpha value is -1.52. The Morgan fingerprint density at radius 2 is 2.54 bits per heavy atom. The van der Waals surface area contributed by atoms with Gasteiger partial charge in [0.2, 0.25) is 0 Å². The number of anilines is 1. The van der Waals surface area contributed by atoms with Gasteiger partial charge in [-0.2, -0.15) is 5.10 Å². The summed E-state index contributed by atoms with van der Waals surface area (Å²) in [5.41, 5.74) is 5.99. The van der Waals surface area contributed by atoms with Gasteiger partial charge in [0, 0.05) is 6.20 Å². The molecule has 0 amide bonds. The topological polar surface area (TPSA) is 70.1 Å². The summed E-state index contributed by atoms with van der Waals surface area (Å²) in [6.07, 6.45) is 3.09. The van der Waals surface area contributed by atoms with E-state index in [1.165, 1.54) is 10.9 Å². The minimum Gasteiger partial charge on any atom is -0.464 e. The monoisotopic (exact) mass is 183 g/mol. The van der Waals surface area contributed by atoms with Gasteiger partial charge in [-0.05, 0) is 13.8 Å². The van der Waals surface area contributed by atoms with E-state index in [0.717, 1.165) is 0 Å². The van der Waals surface area contributed by atoms with Crippen molar-refractivity contribution in [2.45, 2.75) is 19.9 Å². The molecule has 1 unspecified atom stereocenters. The number of nitrogen functional groups attached to an aromatic ring is 1. The molecule has 5 nitrogen and oxygen atoms in total. The van der Waals surface area contributed by atoms with Gasteiger partial charge >= 0.3 is 5.97 Å². The summed E-state index contributed by atoms with van der Waals surface area (Å²) < 4.78 is 6.31. The Balaban J connectivity index is 2.67. The molecule has 1 aromatic rings. The van der Waals surface area contributed by atoms with E-state index in [1.54, 1.807) is 20.0 Å². The lowest BCUT2D eigenvalue weighted by Crippen LogP contribution is -2.19. The summed E-state index contributed by atoms with van der Waals surface area (Å²) in [5, 5.41) is 3.91. The van der Waals surface area contributed by atoms with Crippen molar-refractivity contribution in [3.05, 3.63) is 12.4 Å². The zero-order valence-electron chi connectivity index (χ0n) is 7.73. The second kappa shape index (κ2) is 3.93. The minimum atomic E-state index is -0.419. The molecular formula is C8H13N3O2. The van der Waals surface area contributed by atoms with E-state index in [1.807, 2.05) is 0 Å². The molecule has 0 saturated carbocycles. The van der Waals surface area contributed by atoms with Crippen LogP contribution in [0.25, 0.3) is 0 Å². The lowest BCUT2D eigenvalue weighted by Gasteiger charge is -2.09. The van der Waals surface area contributed by atoms with Gasteiger partial charge in [-0.15, -0.1) is 0 Å². The highest BCUT2D eigenvalue weighted by Crippen LogP contribution is 2.08. The molecule has 0 aromatic carbocycles. The maximum Gasteiger partial charge on any atom is 0.330 e. The van der Waals surface area contributed by atoms with E-state index in [9.17, 15) is 4.79 Å². The number of hydrogen-bond donors (Lipinski definition) is 1. The molecule has 0 aliphatic rings. The van der Waals surface area contributed by atoms with Crippen molar-refractivity contribution < 1.29 is 9.53 Å². The van der Waals surface area contributed by atoms with Gasteiger partial charge in [0.05, 0.1) is 18.5 Å². The first-order valence-corrected chi connectivity index (χ1v) is 4.11. The number of rotatable bonds is 3. The van der Waals surface area contributed by atoms with Crippen LogP contribution in [-0.4, -0.2) is 22.4 Å². The first-order chi connectivity index (χ1) is 6.15. The van der Waals surface area contributed by atoms with E-state index in [-0.39, 0.29) is 5.97 Å². The fraction of sp³-hybridized carbons (Fsp3) is 0.500. The van der Waals surface area contributed by atoms with Crippen molar-refractivity contribution in [2.24, 2.45) is 0 Å². The van der Waals surface area contributed by atoms with Crippen molar-refractivity contribution in [3.8, 4) is 0 Å². The van der Waals surface area contributed by atoms with Crippen LogP contribution in [-0.2, 0) is 9.53 Å².